The Labute approximate surface area is 175 Å². The first kappa shape index (κ1) is 19.9. The van der Waals surface area contributed by atoms with E-state index in [0.29, 0.717) is 37.0 Å². The molecule has 0 unspecified atom stereocenters. The molecule has 2 heterocycles. The molecule has 3 aromatic rings. The van der Waals surface area contributed by atoms with Gasteiger partial charge in [-0.15, -0.1) is 0 Å². The van der Waals surface area contributed by atoms with Crippen molar-refractivity contribution < 1.29 is 14.1 Å². The van der Waals surface area contributed by atoms with Gasteiger partial charge >= 0.3 is 7.12 Å². The molecule has 1 fully saturated rings. The molecule has 1 saturated heterocycles. The van der Waals surface area contributed by atoms with Gasteiger partial charge in [0.25, 0.3) is 0 Å². The minimum Gasteiger partial charge on any atom is -0.407 e. The van der Waals surface area contributed by atoms with Gasteiger partial charge in [0.05, 0.1) is 6.54 Å². The van der Waals surface area contributed by atoms with Crippen LogP contribution in [0.3, 0.4) is 0 Å². The fraction of sp³-hybridized carbons (Fsp3) is 0.273. The quantitative estimate of drug-likeness (QED) is 0.475. The zero-order valence-electron chi connectivity index (χ0n) is 16.5. The zero-order valence-corrected chi connectivity index (χ0v) is 17.2. The number of hydrogen-bond donors (Lipinski definition) is 0. The Hall–Kier alpha value is -2.41. The lowest BCUT2D eigenvalue weighted by atomic mass is 9.76. The molecular weight excluding hydrogens is 387 g/mol. The van der Waals surface area contributed by atoms with E-state index in [9.17, 15) is 4.79 Å². The zero-order chi connectivity index (χ0) is 20.4. The van der Waals surface area contributed by atoms with E-state index in [-0.39, 0.29) is 18.2 Å². The Morgan fingerprint density at radius 3 is 2.38 bits per heavy atom. The maximum Gasteiger partial charge on any atom is 0.493 e. The van der Waals surface area contributed by atoms with Crippen LogP contribution in [-0.4, -0.2) is 36.2 Å². The summed E-state index contributed by atoms with van der Waals surface area (Å²) in [5, 5.41) is 0.337. The molecule has 148 valence electrons. The summed E-state index contributed by atoms with van der Waals surface area (Å²) < 4.78 is 13.6. The summed E-state index contributed by atoms with van der Waals surface area (Å²) in [5.41, 5.74) is 3.22. The first-order valence-corrected chi connectivity index (χ1v) is 9.93. The topological polar surface area (TPSA) is 53.4 Å². The third-order valence-electron chi connectivity index (χ3n) is 4.92. The van der Waals surface area contributed by atoms with Crippen molar-refractivity contribution in [3.63, 3.8) is 0 Å². The van der Waals surface area contributed by atoms with Crippen molar-refractivity contribution in [2.75, 3.05) is 13.2 Å². The smallest absolute Gasteiger partial charge is 0.407 e. The highest BCUT2D eigenvalue weighted by Crippen LogP contribution is 2.26. The summed E-state index contributed by atoms with van der Waals surface area (Å²) in [5.74, 6) is 0.669. The van der Waals surface area contributed by atoms with Crippen molar-refractivity contribution in [1.29, 1.82) is 0 Å². The molecular formula is C22H22BClN2O3. The molecule has 5 nitrogen and oxygen atoms in total. The number of benzene rings is 2. The van der Waals surface area contributed by atoms with Gasteiger partial charge in [-0.2, -0.15) is 0 Å². The molecule has 0 N–H and O–H groups in total. The Bertz CT molecular complexity index is 993. The summed E-state index contributed by atoms with van der Waals surface area (Å²) in [7, 11) is -0.338. The SMILES string of the molecule is CC1(C)COB(c2ccc(Cn3c(-c4ccccc4)nc(C=O)c3Cl)cc2)OC1. The Morgan fingerprint density at radius 2 is 1.76 bits per heavy atom. The molecule has 1 aliphatic heterocycles. The summed E-state index contributed by atoms with van der Waals surface area (Å²) >= 11 is 6.44. The standard InChI is InChI=1S/C22H22BClN2O3/c1-22(2)14-28-23(29-15-22)18-10-8-16(9-11-18)12-26-20(24)19(13-27)25-21(26)17-6-4-3-5-7-17/h3-11,13H,12,14-15H2,1-2H3. The van der Waals surface area contributed by atoms with E-state index < -0.39 is 0 Å². The van der Waals surface area contributed by atoms with Crippen LogP contribution in [0, 0.1) is 5.41 Å². The molecule has 4 rings (SSSR count). The number of hydrogen-bond acceptors (Lipinski definition) is 4. The minimum atomic E-state index is -0.338. The number of aromatic nitrogens is 2. The van der Waals surface area contributed by atoms with E-state index in [1.165, 1.54) is 0 Å². The van der Waals surface area contributed by atoms with Gasteiger partial charge in [-0.1, -0.05) is 80.0 Å². The van der Waals surface area contributed by atoms with Gasteiger partial charge in [0.15, 0.2) is 6.29 Å². The largest absolute Gasteiger partial charge is 0.493 e. The summed E-state index contributed by atoms with van der Waals surface area (Å²) in [4.78, 5) is 15.8. The monoisotopic (exact) mass is 408 g/mol. The van der Waals surface area contributed by atoms with E-state index in [1.54, 1.807) is 0 Å². The fourth-order valence-electron chi connectivity index (χ4n) is 3.33. The maximum atomic E-state index is 11.4. The van der Waals surface area contributed by atoms with E-state index in [1.807, 2.05) is 59.2 Å². The second-order valence-corrected chi connectivity index (χ2v) is 8.40. The van der Waals surface area contributed by atoms with Crippen LogP contribution in [0.1, 0.15) is 29.9 Å². The third-order valence-corrected chi connectivity index (χ3v) is 5.32. The van der Waals surface area contributed by atoms with Gasteiger partial charge < -0.3 is 13.9 Å². The first-order chi connectivity index (χ1) is 14.0. The van der Waals surface area contributed by atoms with Crippen molar-refractivity contribution in [3.8, 4) is 11.4 Å². The van der Waals surface area contributed by atoms with Crippen molar-refractivity contribution >= 4 is 30.5 Å². The number of carbonyl (C=O) groups is 1. The molecule has 29 heavy (non-hydrogen) atoms. The average molecular weight is 409 g/mol. The van der Waals surface area contributed by atoms with E-state index in [0.717, 1.165) is 16.6 Å². The molecule has 2 aromatic carbocycles. The second kappa shape index (κ2) is 8.15. The van der Waals surface area contributed by atoms with Crippen LogP contribution in [0.5, 0.6) is 0 Å². The van der Waals surface area contributed by atoms with E-state index in [4.69, 9.17) is 20.9 Å². The highest BCUT2D eigenvalue weighted by Gasteiger charge is 2.33. The van der Waals surface area contributed by atoms with Crippen LogP contribution >= 0.6 is 11.6 Å². The summed E-state index contributed by atoms with van der Waals surface area (Å²) in [6.45, 7) is 6.08. The average Bonchev–Trinajstić information content (AvgIpc) is 3.05. The number of imidazole rings is 1. The van der Waals surface area contributed by atoms with E-state index >= 15 is 0 Å². The van der Waals surface area contributed by atoms with Gasteiger partial charge in [-0.05, 0) is 11.0 Å². The van der Waals surface area contributed by atoms with E-state index in [2.05, 4.69) is 18.8 Å². The predicted molar refractivity (Wildman–Crippen MR) is 115 cm³/mol. The van der Waals surface area contributed by atoms with Crippen LogP contribution in [0.15, 0.2) is 54.6 Å². The lowest BCUT2D eigenvalue weighted by Gasteiger charge is -2.33. The first-order valence-electron chi connectivity index (χ1n) is 9.55. The molecule has 7 heteroatoms. The Balaban J connectivity index is 1.57. The van der Waals surface area contributed by atoms with Crippen molar-refractivity contribution in [3.05, 3.63) is 71.0 Å². The highest BCUT2D eigenvalue weighted by atomic mass is 35.5. The molecule has 0 aliphatic carbocycles. The molecule has 0 amide bonds. The number of aldehydes is 1. The fourth-order valence-corrected chi connectivity index (χ4v) is 3.55. The van der Waals surface area contributed by atoms with Gasteiger partial charge in [0.2, 0.25) is 0 Å². The van der Waals surface area contributed by atoms with Gasteiger partial charge in [-0.25, -0.2) is 4.98 Å². The van der Waals surface area contributed by atoms with Crippen molar-refractivity contribution in [1.82, 2.24) is 9.55 Å². The molecule has 0 radical (unpaired) electrons. The maximum absolute atomic E-state index is 11.4. The lowest BCUT2D eigenvalue weighted by molar-refractivity contribution is 0.0343. The summed E-state index contributed by atoms with van der Waals surface area (Å²) in [6, 6.07) is 17.8. The second-order valence-electron chi connectivity index (χ2n) is 8.04. The third kappa shape index (κ3) is 4.30. The Morgan fingerprint density at radius 1 is 1.10 bits per heavy atom. The van der Waals surface area contributed by atoms with Crippen molar-refractivity contribution in [2.45, 2.75) is 20.4 Å². The molecule has 0 atom stereocenters. The minimum absolute atomic E-state index is 0.0404. The molecule has 0 bridgehead atoms. The van der Waals surface area contributed by atoms with Gasteiger partial charge in [0, 0.05) is 24.2 Å². The van der Waals surface area contributed by atoms with Crippen LogP contribution in [0.25, 0.3) is 11.4 Å². The highest BCUT2D eigenvalue weighted by molar-refractivity contribution is 6.61. The Kier molecular flexibility index (Phi) is 5.59. The molecule has 1 aromatic heterocycles. The summed E-state index contributed by atoms with van der Waals surface area (Å²) in [6.07, 6.45) is 0.688. The van der Waals surface area contributed by atoms with Gasteiger partial charge in [-0.3, -0.25) is 4.79 Å². The predicted octanol–water partition coefficient (Wildman–Crippen LogP) is 3.83. The number of nitrogens with zero attached hydrogens (tertiary/aromatic N) is 2. The van der Waals surface area contributed by atoms with Crippen LogP contribution in [0.2, 0.25) is 5.15 Å². The normalized spacial score (nSPS) is 16.0. The van der Waals surface area contributed by atoms with Gasteiger partial charge in [0.1, 0.15) is 16.7 Å². The van der Waals surface area contributed by atoms with Crippen LogP contribution < -0.4 is 5.46 Å². The molecule has 0 spiro atoms. The van der Waals surface area contributed by atoms with Crippen LogP contribution in [-0.2, 0) is 15.9 Å². The van der Waals surface area contributed by atoms with Crippen molar-refractivity contribution in [2.24, 2.45) is 5.41 Å². The molecule has 1 aliphatic rings. The lowest BCUT2D eigenvalue weighted by Crippen LogP contribution is -2.47. The number of rotatable bonds is 5. The number of carbonyl (C=O) groups excluding carboxylic acids is 1. The van der Waals surface area contributed by atoms with Crippen LogP contribution in [0.4, 0.5) is 0 Å². The number of halogens is 1. The molecule has 0 saturated carbocycles.